The van der Waals surface area contributed by atoms with E-state index >= 15 is 0 Å². The van der Waals surface area contributed by atoms with Gasteiger partial charge in [0.1, 0.15) is 0 Å². The third kappa shape index (κ3) is 4.36. The first-order valence-electron chi connectivity index (χ1n) is 8.60. The van der Waals surface area contributed by atoms with Crippen LogP contribution in [0.1, 0.15) is 24.0 Å². The fraction of sp³-hybridized carbons (Fsp3) is 0.350. The summed E-state index contributed by atoms with van der Waals surface area (Å²) in [5.41, 5.74) is 8.96. The quantitative estimate of drug-likeness (QED) is 0.832. The van der Waals surface area contributed by atoms with Crippen molar-refractivity contribution in [1.82, 2.24) is 10.2 Å². The maximum absolute atomic E-state index is 12.4. The average molecular weight is 323 g/mol. The van der Waals surface area contributed by atoms with Crippen LogP contribution in [0, 0.1) is 5.92 Å². The number of nitrogens with two attached hydrogens (primary N) is 1. The molecule has 2 aromatic rings. The first kappa shape index (κ1) is 16.5. The number of anilines is 1. The van der Waals surface area contributed by atoms with Gasteiger partial charge in [0.2, 0.25) is 5.91 Å². The number of rotatable bonds is 5. The van der Waals surface area contributed by atoms with Crippen LogP contribution in [0.3, 0.4) is 0 Å². The number of nitrogens with zero attached hydrogens (tertiary/aromatic N) is 1. The second kappa shape index (κ2) is 7.97. The molecule has 126 valence electrons. The second-order valence-electron chi connectivity index (χ2n) is 6.45. The molecule has 4 heteroatoms. The predicted molar refractivity (Wildman–Crippen MR) is 97.1 cm³/mol. The monoisotopic (exact) mass is 323 g/mol. The summed E-state index contributed by atoms with van der Waals surface area (Å²) >= 11 is 0. The Hall–Kier alpha value is -2.33. The molecular formula is C20H25N3O. The van der Waals surface area contributed by atoms with Crippen LogP contribution >= 0.6 is 0 Å². The minimum absolute atomic E-state index is 0.113. The molecule has 1 saturated heterocycles. The van der Waals surface area contributed by atoms with Gasteiger partial charge in [0.15, 0.2) is 0 Å². The van der Waals surface area contributed by atoms with Crippen LogP contribution in [0.5, 0.6) is 0 Å². The lowest BCUT2D eigenvalue weighted by molar-refractivity contribution is -0.126. The van der Waals surface area contributed by atoms with Gasteiger partial charge in [-0.3, -0.25) is 9.69 Å². The Morgan fingerprint density at radius 1 is 1.04 bits per heavy atom. The first-order chi connectivity index (χ1) is 11.7. The predicted octanol–water partition coefficient (Wildman–Crippen LogP) is 2.80. The van der Waals surface area contributed by atoms with E-state index in [4.69, 9.17) is 5.73 Å². The molecule has 0 saturated carbocycles. The number of nitrogen functional groups attached to an aromatic ring is 1. The lowest BCUT2D eigenvalue weighted by atomic mass is 9.95. The maximum Gasteiger partial charge on any atom is 0.223 e. The molecule has 1 aliphatic heterocycles. The Bertz CT molecular complexity index is 664. The Morgan fingerprint density at radius 3 is 2.42 bits per heavy atom. The third-order valence-electron chi connectivity index (χ3n) is 4.72. The minimum atomic E-state index is 0.113. The number of carbonyl (C=O) groups is 1. The molecule has 0 radical (unpaired) electrons. The number of nitrogens with one attached hydrogen (secondary N) is 1. The van der Waals surface area contributed by atoms with Gasteiger partial charge in [-0.05, 0) is 43.1 Å². The summed E-state index contributed by atoms with van der Waals surface area (Å²) < 4.78 is 0. The summed E-state index contributed by atoms with van der Waals surface area (Å²) in [7, 11) is 0. The Balaban J connectivity index is 1.44. The number of para-hydroxylation sites is 1. The largest absolute Gasteiger partial charge is 0.398 e. The fourth-order valence-corrected chi connectivity index (χ4v) is 3.22. The Labute approximate surface area is 143 Å². The maximum atomic E-state index is 12.4. The molecule has 24 heavy (non-hydrogen) atoms. The number of likely N-dealkylation sites (tertiary alicyclic amines) is 1. The highest BCUT2D eigenvalue weighted by Gasteiger charge is 2.24. The van der Waals surface area contributed by atoms with Gasteiger partial charge in [-0.2, -0.15) is 0 Å². The molecule has 0 aliphatic carbocycles. The summed E-state index contributed by atoms with van der Waals surface area (Å²) in [5, 5.41) is 3.04. The number of piperidine rings is 1. The van der Waals surface area contributed by atoms with E-state index < -0.39 is 0 Å². The summed E-state index contributed by atoms with van der Waals surface area (Å²) in [6, 6.07) is 18.2. The third-order valence-corrected chi connectivity index (χ3v) is 4.72. The zero-order valence-electron chi connectivity index (χ0n) is 13.9. The first-order valence-corrected chi connectivity index (χ1v) is 8.60. The van der Waals surface area contributed by atoms with Gasteiger partial charge in [-0.1, -0.05) is 48.5 Å². The molecule has 4 nitrogen and oxygen atoms in total. The van der Waals surface area contributed by atoms with E-state index in [1.165, 1.54) is 5.56 Å². The van der Waals surface area contributed by atoms with Crippen LogP contribution in [-0.4, -0.2) is 23.9 Å². The second-order valence-corrected chi connectivity index (χ2v) is 6.45. The van der Waals surface area contributed by atoms with Crippen LogP contribution in [0.4, 0.5) is 5.69 Å². The zero-order chi connectivity index (χ0) is 16.8. The molecule has 0 unspecified atom stereocenters. The number of benzene rings is 2. The van der Waals surface area contributed by atoms with Gasteiger partial charge in [0.05, 0.1) is 0 Å². The lowest BCUT2D eigenvalue weighted by Gasteiger charge is -2.31. The highest BCUT2D eigenvalue weighted by Crippen LogP contribution is 2.19. The van der Waals surface area contributed by atoms with E-state index in [1.54, 1.807) is 0 Å². The molecule has 0 spiro atoms. The molecule has 1 amide bonds. The normalized spacial score (nSPS) is 16.0. The smallest absolute Gasteiger partial charge is 0.223 e. The van der Waals surface area contributed by atoms with Crippen LogP contribution in [0.15, 0.2) is 54.6 Å². The highest BCUT2D eigenvalue weighted by atomic mass is 16.1. The average Bonchev–Trinajstić information content (AvgIpc) is 2.62. The van der Waals surface area contributed by atoms with Crippen molar-refractivity contribution in [3.8, 4) is 0 Å². The van der Waals surface area contributed by atoms with Crippen molar-refractivity contribution in [3.05, 3.63) is 65.7 Å². The van der Waals surface area contributed by atoms with Crippen molar-refractivity contribution in [1.29, 1.82) is 0 Å². The molecule has 1 aliphatic rings. The van der Waals surface area contributed by atoms with E-state index in [1.807, 2.05) is 30.3 Å². The molecular weight excluding hydrogens is 298 g/mol. The highest BCUT2D eigenvalue weighted by molar-refractivity contribution is 5.78. The molecule has 3 rings (SSSR count). The molecule has 2 aromatic carbocycles. The van der Waals surface area contributed by atoms with Crippen molar-refractivity contribution >= 4 is 11.6 Å². The van der Waals surface area contributed by atoms with Crippen molar-refractivity contribution in [3.63, 3.8) is 0 Å². The number of hydrogen-bond donors (Lipinski definition) is 2. The van der Waals surface area contributed by atoms with Gasteiger partial charge in [0, 0.05) is 24.7 Å². The van der Waals surface area contributed by atoms with Gasteiger partial charge in [-0.15, -0.1) is 0 Å². The summed E-state index contributed by atoms with van der Waals surface area (Å²) in [4.78, 5) is 14.8. The number of carbonyl (C=O) groups excluding carboxylic acids is 1. The van der Waals surface area contributed by atoms with Crippen molar-refractivity contribution in [2.24, 2.45) is 5.92 Å². The SMILES string of the molecule is Nc1ccccc1CNC(=O)C1CCN(Cc2ccccc2)CC1. The summed E-state index contributed by atoms with van der Waals surface area (Å²) in [6.45, 7) is 3.42. The van der Waals surface area contributed by atoms with Gasteiger partial charge in [-0.25, -0.2) is 0 Å². The number of amides is 1. The minimum Gasteiger partial charge on any atom is -0.398 e. The van der Waals surface area contributed by atoms with E-state index in [0.717, 1.165) is 43.7 Å². The van der Waals surface area contributed by atoms with Crippen LogP contribution in [0.25, 0.3) is 0 Å². The topological polar surface area (TPSA) is 58.4 Å². The summed E-state index contributed by atoms with van der Waals surface area (Å²) in [5.74, 6) is 0.263. The summed E-state index contributed by atoms with van der Waals surface area (Å²) in [6.07, 6.45) is 1.84. The van der Waals surface area contributed by atoms with E-state index in [2.05, 4.69) is 34.5 Å². The van der Waals surface area contributed by atoms with Crippen LogP contribution < -0.4 is 11.1 Å². The molecule has 0 bridgehead atoms. The van der Waals surface area contributed by atoms with E-state index in [9.17, 15) is 4.79 Å². The van der Waals surface area contributed by atoms with Crippen molar-refractivity contribution in [2.75, 3.05) is 18.8 Å². The van der Waals surface area contributed by atoms with E-state index in [-0.39, 0.29) is 11.8 Å². The fourth-order valence-electron chi connectivity index (χ4n) is 3.22. The molecule has 0 aromatic heterocycles. The van der Waals surface area contributed by atoms with Gasteiger partial charge in [0.25, 0.3) is 0 Å². The molecule has 3 N–H and O–H groups in total. The van der Waals surface area contributed by atoms with Crippen LogP contribution in [0.2, 0.25) is 0 Å². The van der Waals surface area contributed by atoms with Crippen LogP contribution in [-0.2, 0) is 17.9 Å². The molecule has 0 atom stereocenters. The lowest BCUT2D eigenvalue weighted by Crippen LogP contribution is -2.40. The molecule has 1 heterocycles. The van der Waals surface area contributed by atoms with E-state index in [0.29, 0.717) is 6.54 Å². The van der Waals surface area contributed by atoms with Crippen molar-refractivity contribution < 1.29 is 4.79 Å². The Morgan fingerprint density at radius 2 is 1.71 bits per heavy atom. The molecule has 1 fully saturated rings. The number of hydrogen-bond acceptors (Lipinski definition) is 3. The Kier molecular flexibility index (Phi) is 5.49. The zero-order valence-corrected chi connectivity index (χ0v) is 13.9. The van der Waals surface area contributed by atoms with Crippen molar-refractivity contribution in [2.45, 2.75) is 25.9 Å². The van der Waals surface area contributed by atoms with Gasteiger partial charge < -0.3 is 11.1 Å². The van der Waals surface area contributed by atoms with Gasteiger partial charge >= 0.3 is 0 Å². The standard InChI is InChI=1S/C20H25N3O/c21-19-9-5-4-8-18(19)14-22-20(24)17-10-12-23(13-11-17)15-16-6-2-1-3-7-16/h1-9,17H,10-15,21H2,(H,22,24).